The molecule has 0 radical (unpaired) electrons. The molecule has 1 aromatic carbocycles. The molecule has 2 heterocycles. The zero-order chi connectivity index (χ0) is 23.5. The van der Waals surface area contributed by atoms with Crippen molar-refractivity contribution in [1.29, 1.82) is 0 Å². The topological polar surface area (TPSA) is 100 Å². The van der Waals surface area contributed by atoms with Crippen molar-refractivity contribution >= 4 is 49.9 Å². The van der Waals surface area contributed by atoms with Gasteiger partial charge in [-0.15, -0.1) is 23.1 Å². The van der Waals surface area contributed by atoms with Crippen LogP contribution in [0, 0.1) is 0 Å². The highest BCUT2D eigenvalue weighted by molar-refractivity contribution is 7.98. The number of thiazole rings is 1. The van der Waals surface area contributed by atoms with Crippen molar-refractivity contribution in [3.05, 3.63) is 35.8 Å². The number of carbonyl (C=O) groups is 1. The number of carboxylic acids is 1. The molecular formula is C20H24FN3O5S3. The molecule has 1 aliphatic heterocycles. The van der Waals surface area contributed by atoms with Crippen LogP contribution in [0.1, 0.15) is 26.2 Å². The summed E-state index contributed by atoms with van der Waals surface area (Å²) < 4.78 is 47.2. The Bertz CT molecular complexity index is 1110. The first kappa shape index (κ1) is 24.5. The van der Waals surface area contributed by atoms with Crippen molar-refractivity contribution < 1.29 is 27.4 Å². The number of halogens is 1. The van der Waals surface area contributed by atoms with Crippen LogP contribution in [0.5, 0.6) is 5.75 Å². The molecule has 0 amide bonds. The molecule has 1 aliphatic rings. The van der Waals surface area contributed by atoms with Crippen LogP contribution in [0.2, 0.25) is 0 Å². The highest BCUT2D eigenvalue weighted by Gasteiger charge is 2.38. The quantitative estimate of drug-likeness (QED) is 0.321. The van der Waals surface area contributed by atoms with Crippen molar-refractivity contribution in [1.82, 2.24) is 9.29 Å². The van der Waals surface area contributed by atoms with Gasteiger partial charge in [0, 0.05) is 37.3 Å². The van der Waals surface area contributed by atoms with Crippen molar-refractivity contribution in [2.45, 2.75) is 42.0 Å². The Balaban J connectivity index is 2.19. The number of likely N-dealkylation sites (N-methyl/N-ethyl adjacent to an activating group) is 1. The molecule has 8 nitrogen and oxygen atoms in total. The molecule has 0 aliphatic carbocycles. The first-order chi connectivity index (χ1) is 15.2. The van der Waals surface area contributed by atoms with E-state index in [0.717, 1.165) is 12.8 Å². The average Bonchev–Trinajstić information content (AvgIpc) is 3.28. The zero-order valence-corrected chi connectivity index (χ0v) is 20.3. The lowest BCUT2D eigenvalue weighted by Crippen LogP contribution is -2.40. The number of ether oxygens (including phenoxy) is 1. The summed E-state index contributed by atoms with van der Waals surface area (Å²) in [7, 11) is -2.36. The van der Waals surface area contributed by atoms with E-state index in [0.29, 0.717) is 34.9 Å². The predicted octanol–water partition coefficient (Wildman–Crippen LogP) is 4.47. The Morgan fingerprint density at radius 3 is 2.81 bits per heavy atom. The van der Waals surface area contributed by atoms with Crippen LogP contribution in [-0.2, 0) is 14.8 Å². The first-order valence-corrected chi connectivity index (χ1v) is 13.4. The number of unbranched alkanes of at least 4 members (excludes halogenated alkanes) is 1. The molecule has 174 valence electrons. The van der Waals surface area contributed by atoms with Gasteiger partial charge in [0.25, 0.3) is 0 Å². The molecule has 1 N–H and O–H groups in total. The van der Waals surface area contributed by atoms with Crippen LogP contribution >= 0.6 is 23.1 Å². The third kappa shape index (κ3) is 4.92. The van der Waals surface area contributed by atoms with E-state index in [2.05, 4.69) is 11.9 Å². The molecule has 1 aromatic heterocycles. The molecular weight excluding hydrogens is 477 g/mol. The van der Waals surface area contributed by atoms with Gasteiger partial charge in [-0.05, 0) is 18.7 Å². The average molecular weight is 502 g/mol. The number of benzene rings is 1. The Labute approximate surface area is 194 Å². The predicted molar refractivity (Wildman–Crippen MR) is 123 cm³/mol. The van der Waals surface area contributed by atoms with E-state index in [1.165, 1.54) is 33.5 Å². The van der Waals surface area contributed by atoms with E-state index in [9.17, 15) is 17.6 Å². The van der Waals surface area contributed by atoms with E-state index < -0.39 is 21.8 Å². The van der Waals surface area contributed by atoms with Gasteiger partial charge >= 0.3 is 5.97 Å². The molecule has 3 rings (SSSR count). The van der Waals surface area contributed by atoms with Crippen LogP contribution in [0.4, 0.5) is 15.2 Å². The minimum absolute atomic E-state index is 0.00821. The number of aliphatic carboxylic acids is 1. The number of fused-ring (bicyclic) bond motifs is 1. The number of hydrogen-bond acceptors (Lipinski definition) is 8. The summed E-state index contributed by atoms with van der Waals surface area (Å²) in [5.74, 6) is -3.21. The molecule has 2 aromatic rings. The third-order valence-electron chi connectivity index (χ3n) is 5.14. The van der Waals surface area contributed by atoms with Crippen LogP contribution in [0.25, 0.3) is 0 Å². The van der Waals surface area contributed by atoms with Gasteiger partial charge in [-0.3, -0.25) is 0 Å². The van der Waals surface area contributed by atoms with E-state index in [4.69, 9.17) is 9.84 Å². The summed E-state index contributed by atoms with van der Waals surface area (Å²) in [4.78, 5) is 17.6. The van der Waals surface area contributed by atoms with Gasteiger partial charge in [-0.2, -0.15) is 8.70 Å². The largest absolute Gasteiger partial charge is 0.476 e. The van der Waals surface area contributed by atoms with E-state index in [-0.39, 0.29) is 16.7 Å². The Kier molecular flexibility index (Phi) is 7.80. The van der Waals surface area contributed by atoms with Crippen LogP contribution in [0.3, 0.4) is 0 Å². The zero-order valence-electron chi connectivity index (χ0n) is 17.8. The summed E-state index contributed by atoms with van der Waals surface area (Å²) in [6.45, 7) is 2.48. The number of sulfonamides is 1. The number of hydrogen-bond donors (Lipinski definition) is 1. The molecule has 32 heavy (non-hydrogen) atoms. The lowest BCUT2D eigenvalue weighted by atomic mass is 10.1. The SMILES string of the molecule is CCCCC1CN(c2nccs2)c2cc(SC)c(O/C=C(\F)C(=O)O)cc2S(=O)(=O)N1C. The van der Waals surface area contributed by atoms with Gasteiger partial charge in [-0.1, -0.05) is 19.8 Å². The van der Waals surface area contributed by atoms with Crippen LogP contribution in [0.15, 0.2) is 45.6 Å². The second-order valence-electron chi connectivity index (χ2n) is 7.10. The van der Waals surface area contributed by atoms with E-state index in [1.54, 1.807) is 25.6 Å². The summed E-state index contributed by atoms with van der Waals surface area (Å²) in [6.07, 6.45) is 6.38. The summed E-state index contributed by atoms with van der Waals surface area (Å²) in [5, 5.41) is 11.2. The number of carboxylic acid groups (broad SMARTS) is 1. The number of anilines is 2. The van der Waals surface area contributed by atoms with Gasteiger partial charge in [0.05, 0.1) is 10.6 Å². The smallest absolute Gasteiger partial charge is 0.368 e. The second-order valence-corrected chi connectivity index (χ2v) is 10.8. The Morgan fingerprint density at radius 2 is 2.22 bits per heavy atom. The maximum Gasteiger partial charge on any atom is 0.368 e. The molecule has 12 heteroatoms. The molecule has 0 fully saturated rings. The Morgan fingerprint density at radius 1 is 1.47 bits per heavy atom. The van der Waals surface area contributed by atoms with Gasteiger partial charge in [-0.25, -0.2) is 18.2 Å². The normalized spacial score (nSPS) is 18.8. The van der Waals surface area contributed by atoms with Gasteiger partial charge < -0.3 is 14.7 Å². The fraction of sp³-hybridized carbons (Fsp3) is 0.400. The van der Waals surface area contributed by atoms with Crippen molar-refractivity contribution in [2.24, 2.45) is 0 Å². The second kappa shape index (κ2) is 10.2. The van der Waals surface area contributed by atoms with E-state index >= 15 is 0 Å². The highest BCUT2D eigenvalue weighted by Crippen LogP contribution is 2.43. The molecule has 1 unspecified atom stereocenters. The Hall–Kier alpha value is -2.15. The van der Waals surface area contributed by atoms with Crippen LogP contribution in [-0.4, -0.2) is 54.7 Å². The lowest BCUT2D eigenvalue weighted by Gasteiger charge is -2.28. The first-order valence-electron chi connectivity index (χ1n) is 9.83. The maximum atomic E-state index is 13.5. The minimum atomic E-state index is -3.91. The van der Waals surface area contributed by atoms with Gasteiger partial charge in [0.1, 0.15) is 16.9 Å². The van der Waals surface area contributed by atoms with Crippen molar-refractivity contribution in [3.63, 3.8) is 0 Å². The van der Waals surface area contributed by atoms with Crippen molar-refractivity contribution in [3.8, 4) is 5.75 Å². The molecule has 1 atom stereocenters. The highest BCUT2D eigenvalue weighted by atomic mass is 32.2. The van der Waals surface area contributed by atoms with E-state index in [1.807, 2.05) is 10.3 Å². The molecule has 0 saturated heterocycles. The molecule has 0 bridgehead atoms. The van der Waals surface area contributed by atoms with Crippen LogP contribution < -0.4 is 9.64 Å². The standard InChI is InChI=1S/C20H24FN3O5S3/c1-4-5-6-13-11-24(20-22-7-8-31-20)15-9-17(30-3)16(29-12-14(21)19(25)26)10-18(15)32(27,28)23(13)2/h7-10,12-13H,4-6,11H2,1-3H3,(H,25,26)/b14-12-. The molecule has 0 saturated carbocycles. The summed E-state index contributed by atoms with van der Waals surface area (Å²) in [6, 6.07) is 2.71. The lowest BCUT2D eigenvalue weighted by molar-refractivity contribution is -0.134. The summed E-state index contributed by atoms with van der Waals surface area (Å²) >= 11 is 2.68. The number of thioether (sulfide) groups is 1. The van der Waals surface area contributed by atoms with Gasteiger partial charge in [0.15, 0.2) is 5.13 Å². The monoisotopic (exact) mass is 501 g/mol. The number of aromatic nitrogens is 1. The van der Waals surface area contributed by atoms with Crippen molar-refractivity contribution in [2.75, 3.05) is 24.7 Å². The number of nitrogens with zero attached hydrogens (tertiary/aromatic N) is 3. The molecule has 0 spiro atoms. The summed E-state index contributed by atoms with van der Waals surface area (Å²) in [5.41, 5.74) is 0.449. The fourth-order valence-corrected chi connectivity index (χ4v) is 6.15. The number of rotatable bonds is 8. The maximum absolute atomic E-state index is 13.5. The van der Waals surface area contributed by atoms with Gasteiger partial charge in [0.2, 0.25) is 15.9 Å². The fourth-order valence-electron chi connectivity index (χ4n) is 3.38. The minimum Gasteiger partial charge on any atom is -0.476 e. The third-order valence-corrected chi connectivity index (χ3v) is 8.63.